The Morgan fingerprint density at radius 1 is 0.808 bits per heavy atom. The summed E-state index contributed by atoms with van der Waals surface area (Å²) in [6.45, 7) is 14.8. The lowest BCUT2D eigenvalue weighted by molar-refractivity contribution is -0.146. The lowest BCUT2D eigenvalue weighted by atomic mass is 10.0. The van der Waals surface area contributed by atoms with Crippen molar-refractivity contribution in [3.8, 4) is 0 Å². The molecule has 1 atom stereocenters. The number of allylic oxidation sites excluding steroid dienone is 6. The van der Waals surface area contributed by atoms with Crippen LogP contribution in [0.5, 0.6) is 0 Å². The number of ether oxygens (including phenoxy) is 1. The smallest absolute Gasteiger partial charge is 0.306 e. The maximum absolute atomic E-state index is 11.9. The van der Waals surface area contributed by atoms with Crippen LogP contribution in [0.15, 0.2) is 46.6 Å². The summed E-state index contributed by atoms with van der Waals surface area (Å²) >= 11 is 0. The third kappa shape index (κ3) is 14.7. The summed E-state index contributed by atoms with van der Waals surface area (Å²) in [4.78, 5) is 11.9. The molecule has 148 valence electrons. The third-order valence-electron chi connectivity index (χ3n) is 4.09. The summed E-state index contributed by atoms with van der Waals surface area (Å²) in [5, 5.41) is 0. The van der Waals surface area contributed by atoms with Crippen molar-refractivity contribution in [2.45, 2.75) is 99.5 Å². The van der Waals surface area contributed by atoms with Crippen molar-refractivity contribution in [3.05, 3.63) is 46.6 Å². The van der Waals surface area contributed by atoms with Crippen LogP contribution in [-0.2, 0) is 9.53 Å². The molecular weight excluding hydrogens is 320 g/mol. The highest BCUT2D eigenvalue weighted by atomic mass is 16.5. The lowest BCUT2D eigenvalue weighted by Gasteiger charge is -2.15. The summed E-state index contributed by atoms with van der Waals surface area (Å²) in [5.74, 6) is -0.0959. The predicted octanol–water partition coefficient (Wildman–Crippen LogP) is 7.47. The van der Waals surface area contributed by atoms with Crippen LogP contribution in [0, 0.1) is 0 Å². The van der Waals surface area contributed by atoms with E-state index < -0.39 is 0 Å². The molecule has 1 unspecified atom stereocenters. The van der Waals surface area contributed by atoms with Gasteiger partial charge in [-0.15, -0.1) is 0 Å². The zero-order chi connectivity index (χ0) is 19.9. The highest BCUT2D eigenvalue weighted by Gasteiger charge is 2.11. The van der Waals surface area contributed by atoms with Gasteiger partial charge in [-0.2, -0.15) is 0 Å². The van der Waals surface area contributed by atoms with Gasteiger partial charge in [-0.3, -0.25) is 4.79 Å². The first kappa shape index (κ1) is 24.4. The molecule has 26 heavy (non-hydrogen) atoms. The van der Waals surface area contributed by atoms with E-state index in [0.29, 0.717) is 6.42 Å². The third-order valence-corrected chi connectivity index (χ3v) is 4.09. The van der Waals surface area contributed by atoms with Crippen molar-refractivity contribution in [2.75, 3.05) is 0 Å². The van der Waals surface area contributed by atoms with E-state index in [1.165, 1.54) is 22.3 Å². The second-order valence-corrected chi connectivity index (χ2v) is 7.72. The van der Waals surface area contributed by atoms with Crippen LogP contribution in [0.1, 0.15) is 93.4 Å². The van der Waals surface area contributed by atoms with Crippen LogP contribution in [0.2, 0.25) is 0 Å². The first-order valence-corrected chi connectivity index (χ1v) is 10.0. The fraction of sp³-hybridized carbons (Fsp3) is 0.625. The van der Waals surface area contributed by atoms with E-state index in [-0.39, 0.29) is 12.1 Å². The molecule has 0 aromatic heterocycles. The first-order chi connectivity index (χ1) is 12.2. The Kier molecular flexibility index (Phi) is 13.7. The zero-order valence-electron chi connectivity index (χ0n) is 18.2. The fourth-order valence-electron chi connectivity index (χ4n) is 2.58. The number of carbonyl (C=O) groups is 1. The van der Waals surface area contributed by atoms with Gasteiger partial charge in [-0.05, 0) is 79.7 Å². The van der Waals surface area contributed by atoms with Crippen LogP contribution in [-0.4, -0.2) is 12.1 Å². The maximum Gasteiger partial charge on any atom is 0.306 e. The van der Waals surface area contributed by atoms with E-state index in [2.05, 4.69) is 65.8 Å². The largest absolute Gasteiger partial charge is 0.458 e. The van der Waals surface area contributed by atoms with Gasteiger partial charge >= 0.3 is 5.97 Å². The molecule has 0 saturated carbocycles. The number of carbonyl (C=O) groups excluding carboxylic acids is 1. The second-order valence-electron chi connectivity index (χ2n) is 7.72. The van der Waals surface area contributed by atoms with E-state index >= 15 is 0 Å². The van der Waals surface area contributed by atoms with Crippen LogP contribution in [0.25, 0.3) is 0 Å². The van der Waals surface area contributed by atoms with E-state index in [1.54, 1.807) is 0 Å². The SMILES string of the molecule is CCCC(=O)OC(C=C(C)CCC=C(C)C)CC=C(C)CCC=C(C)C. The van der Waals surface area contributed by atoms with Gasteiger partial charge in [0.15, 0.2) is 0 Å². The molecule has 2 heteroatoms. The average Bonchev–Trinajstić information content (AvgIpc) is 2.52. The van der Waals surface area contributed by atoms with Crippen LogP contribution in [0.4, 0.5) is 0 Å². The fourth-order valence-corrected chi connectivity index (χ4v) is 2.58. The normalized spacial score (nSPS) is 13.2. The molecule has 0 aromatic rings. The van der Waals surface area contributed by atoms with Gasteiger partial charge in [-0.25, -0.2) is 0 Å². The molecule has 0 aliphatic rings. The number of hydrogen-bond donors (Lipinski definition) is 0. The van der Waals surface area contributed by atoms with Crippen molar-refractivity contribution < 1.29 is 9.53 Å². The van der Waals surface area contributed by atoms with E-state index in [0.717, 1.165) is 38.5 Å². The Morgan fingerprint density at radius 3 is 1.85 bits per heavy atom. The number of esters is 1. The van der Waals surface area contributed by atoms with Gasteiger partial charge in [-0.1, -0.05) is 47.4 Å². The minimum atomic E-state index is -0.154. The zero-order valence-corrected chi connectivity index (χ0v) is 18.2. The molecule has 0 bridgehead atoms. The lowest BCUT2D eigenvalue weighted by Crippen LogP contribution is -2.16. The highest BCUT2D eigenvalue weighted by molar-refractivity contribution is 5.69. The van der Waals surface area contributed by atoms with Crippen molar-refractivity contribution in [1.82, 2.24) is 0 Å². The summed E-state index contributed by atoms with van der Waals surface area (Å²) in [7, 11) is 0. The summed E-state index contributed by atoms with van der Waals surface area (Å²) < 4.78 is 5.69. The molecule has 0 aliphatic heterocycles. The van der Waals surface area contributed by atoms with Gasteiger partial charge in [0.05, 0.1) is 0 Å². The summed E-state index contributed by atoms with van der Waals surface area (Å²) in [6, 6.07) is 0. The van der Waals surface area contributed by atoms with Crippen LogP contribution >= 0.6 is 0 Å². The Balaban J connectivity index is 4.84. The molecule has 0 rings (SSSR count). The molecule has 0 radical (unpaired) electrons. The quantitative estimate of drug-likeness (QED) is 0.266. The molecule has 2 nitrogen and oxygen atoms in total. The maximum atomic E-state index is 11.9. The Morgan fingerprint density at radius 2 is 1.35 bits per heavy atom. The molecule has 0 amide bonds. The van der Waals surface area contributed by atoms with Gasteiger partial charge in [0, 0.05) is 12.8 Å². The number of rotatable bonds is 12. The van der Waals surface area contributed by atoms with E-state index in [9.17, 15) is 4.79 Å². The first-order valence-electron chi connectivity index (χ1n) is 10.0. The van der Waals surface area contributed by atoms with Crippen LogP contribution in [0.3, 0.4) is 0 Å². The minimum absolute atomic E-state index is 0.0959. The van der Waals surface area contributed by atoms with E-state index in [1.807, 2.05) is 6.92 Å². The molecule has 0 N–H and O–H groups in total. The molecule has 0 aliphatic carbocycles. The molecule has 0 heterocycles. The molecule has 0 fully saturated rings. The number of hydrogen-bond acceptors (Lipinski definition) is 2. The minimum Gasteiger partial charge on any atom is -0.458 e. The van der Waals surface area contributed by atoms with E-state index in [4.69, 9.17) is 4.74 Å². The van der Waals surface area contributed by atoms with Gasteiger partial charge in [0.2, 0.25) is 0 Å². The Labute approximate surface area is 162 Å². The topological polar surface area (TPSA) is 26.3 Å². The van der Waals surface area contributed by atoms with Gasteiger partial charge in [0.1, 0.15) is 6.10 Å². The summed E-state index contributed by atoms with van der Waals surface area (Å²) in [5.41, 5.74) is 5.35. The Bertz CT molecular complexity index is 524. The standard InChI is InChI=1S/C24H40O2/c1-8-11-24(25)26-23(18-22(7)15-10-13-20(4)5)17-16-21(6)14-9-12-19(2)3/h12-13,16,18,23H,8-11,14-15,17H2,1-7H3. The predicted molar refractivity (Wildman–Crippen MR) is 114 cm³/mol. The summed E-state index contributed by atoms with van der Waals surface area (Å²) in [6.07, 6.45) is 15.0. The molecule has 0 saturated heterocycles. The second kappa shape index (κ2) is 14.6. The van der Waals surface area contributed by atoms with Gasteiger partial charge < -0.3 is 4.74 Å². The van der Waals surface area contributed by atoms with Crippen molar-refractivity contribution in [2.24, 2.45) is 0 Å². The highest BCUT2D eigenvalue weighted by Crippen LogP contribution is 2.15. The molecular formula is C24H40O2. The van der Waals surface area contributed by atoms with Crippen molar-refractivity contribution >= 4 is 5.97 Å². The van der Waals surface area contributed by atoms with Crippen molar-refractivity contribution in [3.63, 3.8) is 0 Å². The van der Waals surface area contributed by atoms with Crippen LogP contribution < -0.4 is 0 Å². The average molecular weight is 361 g/mol. The monoisotopic (exact) mass is 360 g/mol. The molecule has 0 aromatic carbocycles. The molecule has 0 spiro atoms. The van der Waals surface area contributed by atoms with Crippen molar-refractivity contribution in [1.29, 1.82) is 0 Å². The Hall–Kier alpha value is -1.57. The van der Waals surface area contributed by atoms with Gasteiger partial charge in [0.25, 0.3) is 0 Å².